The van der Waals surface area contributed by atoms with Crippen molar-refractivity contribution in [2.75, 3.05) is 0 Å². The van der Waals surface area contributed by atoms with Gasteiger partial charge in [0.15, 0.2) is 6.10 Å². The van der Waals surface area contributed by atoms with Gasteiger partial charge in [-0.25, -0.2) is 10.2 Å². The third kappa shape index (κ3) is 5.83. The Labute approximate surface area is 213 Å². The van der Waals surface area contributed by atoms with E-state index in [1.807, 2.05) is 36.4 Å². The molecule has 0 unspecified atom stereocenters. The maximum absolute atomic E-state index is 12.7. The van der Waals surface area contributed by atoms with E-state index in [0.29, 0.717) is 27.0 Å². The first kappa shape index (κ1) is 23.9. The van der Waals surface area contributed by atoms with E-state index in [0.717, 1.165) is 14.6 Å². The molecule has 4 aromatic rings. The Morgan fingerprint density at radius 3 is 2.59 bits per heavy atom. The molecule has 1 N–H and O–H groups in total. The van der Waals surface area contributed by atoms with Crippen LogP contribution in [0.4, 0.5) is 0 Å². The minimum Gasteiger partial charge on any atom is -0.481 e. The molecule has 1 atom stereocenters. The molecule has 0 bridgehead atoms. The number of benzene rings is 3. The number of amides is 1. The molecule has 9 heteroatoms. The molecule has 3 aromatic carbocycles. The first-order valence-electron chi connectivity index (χ1n) is 10.1. The van der Waals surface area contributed by atoms with Crippen LogP contribution in [0.1, 0.15) is 22.2 Å². The SMILES string of the molecule is C[C@@H](Oc1ccc(Br)cc1)C(=O)N/N=C\c1cccc(OC(=O)c2sc3ccccc3c2Cl)c1. The molecular formula is C25H18BrClN2O4S. The molecule has 0 fully saturated rings. The van der Waals surface area contributed by atoms with Crippen LogP contribution >= 0.6 is 38.9 Å². The van der Waals surface area contributed by atoms with Gasteiger partial charge in [-0.3, -0.25) is 4.79 Å². The number of fused-ring (bicyclic) bond motifs is 1. The van der Waals surface area contributed by atoms with Crippen molar-refractivity contribution in [3.05, 3.63) is 92.7 Å². The van der Waals surface area contributed by atoms with E-state index in [9.17, 15) is 9.59 Å². The molecule has 0 aliphatic heterocycles. The van der Waals surface area contributed by atoms with E-state index in [4.69, 9.17) is 21.1 Å². The predicted molar refractivity (Wildman–Crippen MR) is 138 cm³/mol. The second-order valence-electron chi connectivity index (χ2n) is 7.15. The highest BCUT2D eigenvalue weighted by Crippen LogP contribution is 2.35. The molecule has 0 spiro atoms. The lowest BCUT2D eigenvalue weighted by Gasteiger charge is -2.12. The molecule has 4 rings (SSSR count). The van der Waals surface area contributed by atoms with Gasteiger partial charge in [-0.05, 0) is 55.0 Å². The van der Waals surface area contributed by atoms with Crippen molar-refractivity contribution in [1.29, 1.82) is 0 Å². The number of halogens is 2. The van der Waals surface area contributed by atoms with E-state index >= 15 is 0 Å². The topological polar surface area (TPSA) is 77.0 Å². The van der Waals surface area contributed by atoms with Crippen LogP contribution in [0.25, 0.3) is 10.1 Å². The van der Waals surface area contributed by atoms with E-state index in [1.54, 1.807) is 43.3 Å². The summed E-state index contributed by atoms with van der Waals surface area (Å²) in [7, 11) is 0. The Bertz CT molecular complexity index is 1370. The minimum atomic E-state index is -0.739. The number of rotatable bonds is 7. The number of ether oxygens (including phenoxy) is 2. The lowest BCUT2D eigenvalue weighted by molar-refractivity contribution is -0.127. The summed E-state index contributed by atoms with van der Waals surface area (Å²) in [4.78, 5) is 25.2. The Morgan fingerprint density at radius 2 is 1.82 bits per heavy atom. The molecule has 1 amide bonds. The van der Waals surface area contributed by atoms with Crippen LogP contribution in [-0.2, 0) is 4.79 Å². The molecule has 0 saturated heterocycles. The molecule has 1 aromatic heterocycles. The number of carbonyl (C=O) groups excluding carboxylic acids is 2. The summed E-state index contributed by atoms with van der Waals surface area (Å²) in [6.07, 6.45) is 0.713. The van der Waals surface area contributed by atoms with Crippen LogP contribution in [0.2, 0.25) is 5.02 Å². The Hall–Kier alpha value is -3.20. The van der Waals surface area contributed by atoms with Crippen LogP contribution in [0.15, 0.2) is 82.4 Å². The van der Waals surface area contributed by atoms with Crippen molar-refractivity contribution in [3.8, 4) is 11.5 Å². The average Bonchev–Trinajstić information content (AvgIpc) is 3.17. The van der Waals surface area contributed by atoms with Gasteiger partial charge in [0.1, 0.15) is 16.4 Å². The Morgan fingerprint density at radius 1 is 1.06 bits per heavy atom. The van der Waals surface area contributed by atoms with Crippen molar-refractivity contribution in [3.63, 3.8) is 0 Å². The molecule has 172 valence electrons. The van der Waals surface area contributed by atoms with Crippen LogP contribution in [0.5, 0.6) is 11.5 Å². The lowest BCUT2D eigenvalue weighted by atomic mass is 10.2. The summed E-state index contributed by atoms with van der Waals surface area (Å²) in [5.41, 5.74) is 3.08. The van der Waals surface area contributed by atoms with Crippen molar-refractivity contribution in [2.45, 2.75) is 13.0 Å². The lowest BCUT2D eigenvalue weighted by Crippen LogP contribution is -2.33. The number of hydrazone groups is 1. The second kappa shape index (κ2) is 10.8. The van der Waals surface area contributed by atoms with Gasteiger partial charge < -0.3 is 9.47 Å². The second-order valence-corrected chi connectivity index (χ2v) is 9.50. The molecule has 0 saturated carbocycles. The highest BCUT2D eigenvalue weighted by atomic mass is 79.9. The van der Waals surface area contributed by atoms with E-state index in [-0.39, 0.29) is 0 Å². The van der Waals surface area contributed by atoms with Gasteiger partial charge in [0.25, 0.3) is 5.91 Å². The summed E-state index contributed by atoms with van der Waals surface area (Å²) < 4.78 is 12.9. The van der Waals surface area contributed by atoms with Crippen molar-refractivity contribution < 1.29 is 19.1 Å². The first-order chi connectivity index (χ1) is 16.4. The van der Waals surface area contributed by atoms with Crippen molar-refractivity contribution in [2.24, 2.45) is 5.10 Å². The predicted octanol–water partition coefficient (Wildman–Crippen LogP) is 6.45. The van der Waals surface area contributed by atoms with E-state index in [2.05, 4.69) is 26.5 Å². The summed E-state index contributed by atoms with van der Waals surface area (Å²) in [6.45, 7) is 1.63. The summed E-state index contributed by atoms with van der Waals surface area (Å²) >= 11 is 11.0. The highest BCUT2D eigenvalue weighted by molar-refractivity contribution is 9.10. The number of thiophene rings is 1. The van der Waals surface area contributed by atoms with Gasteiger partial charge in [-0.15, -0.1) is 11.3 Å². The number of hydrogen-bond acceptors (Lipinski definition) is 6. The third-order valence-corrected chi connectivity index (χ3v) is 6.86. The van der Waals surface area contributed by atoms with Gasteiger partial charge in [-0.2, -0.15) is 5.10 Å². The summed E-state index contributed by atoms with van der Waals surface area (Å²) in [6, 6.07) is 21.5. The molecule has 0 aliphatic rings. The number of hydrogen-bond donors (Lipinski definition) is 1. The minimum absolute atomic E-state index is 0.334. The monoisotopic (exact) mass is 556 g/mol. The van der Waals surface area contributed by atoms with Gasteiger partial charge in [0.05, 0.1) is 11.2 Å². The van der Waals surface area contributed by atoms with Crippen LogP contribution in [-0.4, -0.2) is 24.2 Å². The quantitative estimate of drug-likeness (QED) is 0.123. The molecule has 6 nitrogen and oxygen atoms in total. The maximum Gasteiger partial charge on any atom is 0.355 e. The molecular weight excluding hydrogens is 540 g/mol. The number of nitrogens with zero attached hydrogens (tertiary/aromatic N) is 1. The third-order valence-electron chi connectivity index (χ3n) is 4.67. The van der Waals surface area contributed by atoms with Gasteiger partial charge in [0.2, 0.25) is 0 Å². The number of carbonyl (C=O) groups is 2. The molecule has 1 heterocycles. The first-order valence-corrected chi connectivity index (χ1v) is 12.1. The fraction of sp³-hybridized carbons (Fsp3) is 0.0800. The maximum atomic E-state index is 12.7. The smallest absolute Gasteiger partial charge is 0.355 e. The Balaban J connectivity index is 1.36. The van der Waals surface area contributed by atoms with Gasteiger partial charge in [0, 0.05) is 14.6 Å². The zero-order chi connectivity index (χ0) is 24.1. The zero-order valence-corrected chi connectivity index (χ0v) is 21.0. The number of nitrogens with one attached hydrogen (secondary N) is 1. The fourth-order valence-electron chi connectivity index (χ4n) is 2.99. The largest absolute Gasteiger partial charge is 0.481 e. The van der Waals surface area contributed by atoms with E-state index < -0.39 is 18.0 Å². The molecule has 0 aliphatic carbocycles. The fourth-order valence-corrected chi connectivity index (χ4v) is 4.64. The van der Waals surface area contributed by atoms with Gasteiger partial charge in [-0.1, -0.05) is 57.9 Å². The van der Waals surface area contributed by atoms with Crippen LogP contribution < -0.4 is 14.9 Å². The van der Waals surface area contributed by atoms with E-state index in [1.165, 1.54) is 17.6 Å². The Kier molecular flexibility index (Phi) is 7.62. The average molecular weight is 558 g/mol. The van der Waals surface area contributed by atoms with Crippen molar-refractivity contribution >= 4 is 67.0 Å². The summed E-state index contributed by atoms with van der Waals surface area (Å²) in [5, 5.41) is 5.16. The molecule has 0 radical (unpaired) electrons. The number of esters is 1. The standard InChI is InChI=1S/C25H18BrClN2O4S/c1-15(32-18-11-9-17(26)10-12-18)24(30)29-28-14-16-5-4-6-19(13-16)33-25(31)23-22(27)20-7-2-3-8-21(20)34-23/h2-15H,1H3,(H,29,30)/b28-14-/t15-/m1/s1. The van der Waals surface area contributed by atoms with Crippen LogP contribution in [0.3, 0.4) is 0 Å². The van der Waals surface area contributed by atoms with Crippen LogP contribution in [0, 0.1) is 0 Å². The summed E-state index contributed by atoms with van der Waals surface area (Å²) in [5.74, 6) is -0.0301. The normalized spacial score (nSPS) is 12.0. The molecule has 34 heavy (non-hydrogen) atoms. The zero-order valence-electron chi connectivity index (χ0n) is 17.8. The van der Waals surface area contributed by atoms with Crippen molar-refractivity contribution in [1.82, 2.24) is 5.43 Å². The highest BCUT2D eigenvalue weighted by Gasteiger charge is 2.19. The van der Waals surface area contributed by atoms with Gasteiger partial charge >= 0.3 is 5.97 Å².